The Morgan fingerprint density at radius 2 is 2.26 bits per heavy atom. The van der Waals surface area contributed by atoms with Crippen LogP contribution in [0.25, 0.3) is 0 Å². The number of carbonyl (C=O) groups is 1. The maximum absolute atomic E-state index is 11.6. The molecule has 112 valence electrons. The Balaban J connectivity index is 2.56. The first-order chi connectivity index (χ1) is 8.77. The summed E-state index contributed by atoms with van der Waals surface area (Å²) in [6.07, 6.45) is 3.05. The molecule has 0 bridgehead atoms. The van der Waals surface area contributed by atoms with Crippen LogP contribution in [0.4, 0.5) is 0 Å². The summed E-state index contributed by atoms with van der Waals surface area (Å²) in [5.74, 6) is -0.339. The van der Waals surface area contributed by atoms with Crippen LogP contribution in [0, 0.1) is 0 Å². The highest BCUT2D eigenvalue weighted by Gasteiger charge is 2.34. The van der Waals surface area contributed by atoms with Crippen molar-refractivity contribution in [3.8, 4) is 0 Å². The maximum atomic E-state index is 11.6. The van der Waals surface area contributed by atoms with Gasteiger partial charge in [-0.3, -0.25) is 9.69 Å². The fourth-order valence-corrected chi connectivity index (χ4v) is 2.91. The Bertz CT molecular complexity index is 307. The van der Waals surface area contributed by atoms with Crippen LogP contribution in [-0.4, -0.2) is 67.7 Å². The monoisotopic (exact) mass is 271 g/mol. The molecule has 0 amide bonds. The number of rotatable bonds is 5. The standard InChI is InChI=1S/C14H29N3O2/c1-11(9-14(2,15)13(18)19-5)17(4)12-7-6-8-16(3)10-12/h11-12H,6-10,15H2,1-5H3. The van der Waals surface area contributed by atoms with Crippen molar-refractivity contribution in [2.75, 3.05) is 34.3 Å². The minimum Gasteiger partial charge on any atom is -0.468 e. The summed E-state index contributed by atoms with van der Waals surface area (Å²) >= 11 is 0. The molecule has 0 aromatic rings. The molecular formula is C14H29N3O2. The lowest BCUT2D eigenvalue weighted by Gasteiger charge is -2.40. The number of esters is 1. The zero-order valence-electron chi connectivity index (χ0n) is 13.0. The third-order valence-electron chi connectivity index (χ3n) is 4.24. The zero-order chi connectivity index (χ0) is 14.6. The molecule has 5 heteroatoms. The van der Waals surface area contributed by atoms with E-state index in [1.54, 1.807) is 6.92 Å². The van der Waals surface area contributed by atoms with E-state index >= 15 is 0 Å². The minimum absolute atomic E-state index is 0.255. The highest BCUT2D eigenvalue weighted by atomic mass is 16.5. The molecular weight excluding hydrogens is 242 g/mol. The van der Waals surface area contributed by atoms with Gasteiger partial charge in [0.2, 0.25) is 0 Å². The molecule has 1 rings (SSSR count). The molecule has 0 aromatic heterocycles. The van der Waals surface area contributed by atoms with Gasteiger partial charge in [0.15, 0.2) is 0 Å². The van der Waals surface area contributed by atoms with Gasteiger partial charge < -0.3 is 15.4 Å². The third-order valence-corrected chi connectivity index (χ3v) is 4.24. The third kappa shape index (κ3) is 4.44. The molecule has 1 heterocycles. The Hall–Kier alpha value is -0.650. The van der Waals surface area contributed by atoms with Crippen LogP contribution in [0.15, 0.2) is 0 Å². The van der Waals surface area contributed by atoms with Crippen molar-refractivity contribution in [3.05, 3.63) is 0 Å². The van der Waals surface area contributed by atoms with Crippen molar-refractivity contribution in [1.29, 1.82) is 0 Å². The number of ether oxygens (including phenoxy) is 1. The van der Waals surface area contributed by atoms with E-state index in [4.69, 9.17) is 10.5 Å². The number of methoxy groups -OCH3 is 1. The number of likely N-dealkylation sites (N-methyl/N-ethyl adjacent to an activating group) is 2. The first kappa shape index (κ1) is 16.4. The van der Waals surface area contributed by atoms with E-state index in [1.165, 1.54) is 26.5 Å². The van der Waals surface area contributed by atoms with Crippen LogP contribution in [0.5, 0.6) is 0 Å². The van der Waals surface area contributed by atoms with Gasteiger partial charge in [0.05, 0.1) is 7.11 Å². The fourth-order valence-electron chi connectivity index (χ4n) is 2.91. The summed E-state index contributed by atoms with van der Waals surface area (Å²) in [7, 11) is 5.67. The Labute approximate surface area is 117 Å². The average Bonchev–Trinajstić information content (AvgIpc) is 2.36. The van der Waals surface area contributed by atoms with E-state index in [2.05, 4.69) is 30.8 Å². The van der Waals surface area contributed by atoms with Gasteiger partial charge in [0, 0.05) is 18.6 Å². The summed E-state index contributed by atoms with van der Waals surface area (Å²) in [5.41, 5.74) is 5.14. The normalized spacial score (nSPS) is 25.9. The second kappa shape index (κ2) is 6.68. The number of nitrogens with zero attached hydrogens (tertiary/aromatic N) is 2. The molecule has 5 nitrogen and oxygen atoms in total. The van der Waals surface area contributed by atoms with E-state index < -0.39 is 5.54 Å². The van der Waals surface area contributed by atoms with Crippen LogP contribution in [-0.2, 0) is 9.53 Å². The highest BCUT2D eigenvalue weighted by Crippen LogP contribution is 2.20. The molecule has 1 fully saturated rings. The molecule has 0 radical (unpaired) electrons. The molecule has 3 unspecified atom stereocenters. The fraction of sp³-hybridized carbons (Fsp3) is 0.929. The largest absolute Gasteiger partial charge is 0.468 e. The number of hydrogen-bond acceptors (Lipinski definition) is 5. The van der Waals surface area contributed by atoms with Gasteiger partial charge in [0.25, 0.3) is 0 Å². The van der Waals surface area contributed by atoms with Gasteiger partial charge in [-0.05, 0) is 53.8 Å². The van der Waals surface area contributed by atoms with Gasteiger partial charge in [-0.1, -0.05) is 0 Å². The van der Waals surface area contributed by atoms with E-state index in [9.17, 15) is 4.79 Å². The molecule has 2 N–H and O–H groups in total. The van der Waals surface area contributed by atoms with Gasteiger partial charge in [-0.15, -0.1) is 0 Å². The van der Waals surface area contributed by atoms with Crippen LogP contribution < -0.4 is 5.73 Å². The van der Waals surface area contributed by atoms with E-state index in [0.29, 0.717) is 12.5 Å². The number of piperidine rings is 1. The summed E-state index contributed by atoms with van der Waals surface area (Å²) in [4.78, 5) is 16.4. The van der Waals surface area contributed by atoms with Gasteiger partial charge in [-0.2, -0.15) is 0 Å². The van der Waals surface area contributed by atoms with Gasteiger partial charge >= 0.3 is 5.97 Å². The lowest BCUT2D eigenvalue weighted by atomic mass is 9.93. The van der Waals surface area contributed by atoms with Crippen LogP contribution in [0.2, 0.25) is 0 Å². The number of nitrogens with two attached hydrogens (primary N) is 1. The van der Waals surface area contributed by atoms with Crippen molar-refractivity contribution in [1.82, 2.24) is 9.80 Å². The van der Waals surface area contributed by atoms with Crippen molar-refractivity contribution < 1.29 is 9.53 Å². The summed E-state index contributed by atoms with van der Waals surface area (Å²) in [5, 5.41) is 0. The van der Waals surface area contributed by atoms with Gasteiger partial charge in [0.1, 0.15) is 5.54 Å². The van der Waals surface area contributed by atoms with Crippen molar-refractivity contribution in [2.24, 2.45) is 5.73 Å². The predicted octanol–water partition coefficient (Wildman–Crippen LogP) is 0.681. The Morgan fingerprint density at radius 1 is 1.63 bits per heavy atom. The second-order valence-electron chi connectivity index (χ2n) is 6.19. The Morgan fingerprint density at radius 3 is 2.79 bits per heavy atom. The lowest BCUT2D eigenvalue weighted by Crippen LogP contribution is -2.54. The Kier molecular flexibility index (Phi) is 5.77. The first-order valence-electron chi connectivity index (χ1n) is 7.05. The smallest absolute Gasteiger partial charge is 0.325 e. The zero-order valence-corrected chi connectivity index (χ0v) is 13.0. The second-order valence-corrected chi connectivity index (χ2v) is 6.19. The molecule has 0 spiro atoms. The topological polar surface area (TPSA) is 58.8 Å². The first-order valence-corrected chi connectivity index (χ1v) is 7.05. The lowest BCUT2D eigenvalue weighted by molar-refractivity contribution is -0.147. The molecule has 3 atom stereocenters. The summed E-state index contributed by atoms with van der Waals surface area (Å²) in [6, 6.07) is 0.799. The minimum atomic E-state index is -0.914. The maximum Gasteiger partial charge on any atom is 0.325 e. The van der Waals surface area contributed by atoms with E-state index in [0.717, 1.165) is 6.54 Å². The molecule has 0 saturated carbocycles. The highest BCUT2D eigenvalue weighted by molar-refractivity contribution is 5.79. The van der Waals surface area contributed by atoms with Crippen molar-refractivity contribution >= 4 is 5.97 Å². The molecule has 1 saturated heterocycles. The van der Waals surface area contributed by atoms with Crippen LogP contribution in [0.3, 0.4) is 0 Å². The van der Waals surface area contributed by atoms with Crippen molar-refractivity contribution in [3.63, 3.8) is 0 Å². The molecule has 19 heavy (non-hydrogen) atoms. The molecule has 0 aliphatic carbocycles. The molecule has 1 aliphatic rings. The average molecular weight is 271 g/mol. The SMILES string of the molecule is COC(=O)C(C)(N)CC(C)N(C)C1CCCN(C)C1. The predicted molar refractivity (Wildman–Crippen MR) is 77.0 cm³/mol. The molecule has 0 aromatic carbocycles. The summed E-state index contributed by atoms with van der Waals surface area (Å²) < 4.78 is 4.77. The summed E-state index contributed by atoms with van der Waals surface area (Å²) in [6.45, 7) is 6.13. The van der Waals surface area contributed by atoms with Gasteiger partial charge in [-0.25, -0.2) is 0 Å². The number of carbonyl (C=O) groups excluding carboxylic acids is 1. The van der Waals surface area contributed by atoms with Crippen LogP contribution >= 0.6 is 0 Å². The quantitative estimate of drug-likeness (QED) is 0.745. The van der Waals surface area contributed by atoms with Crippen LogP contribution in [0.1, 0.15) is 33.1 Å². The van der Waals surface area contributed by atoms with Crippen molar-refractivity contribution in [2.45, 2.75) is 50.7 Å². The number of likely N-dealkylation sites (tertiary alicyclic amines) is 1. The molecule has 1 aliphatic heterocycles. The van der Waals surface area contributed by atoms with E-state index in [1.807, 2.05) is 0 Å². The van der Waals surface area contributed by atoms with E-state index in [-0.39, 0.29) is 12.0 Å². The number of hydrogen-bond donors (Lipinski definition) is 1.